The van der Waals surface area contributed by atoms with Crippen LogP contribution < -0.4 is 0 Å². The molecule has 16 heavy (non-hydrogen) atoms. The highest BCUT2D eigenvalue weighted by atomic mass is 16.5. The molecule has 0 aromatic rings. The van der Waals surface area contributed by atoms with Gasteiger partial charge in [0.05, 0.1) is 13.0 Å². The van der Waals surface area contributed by atoms with Crippen LogP contribution >= 0.6 is 0 Å². The van der Waals surface area contributed by atoms with Crippen LogP contribution in [0.1, 0.15) is 13.8 Å². The molecule has 0 aromatic heterocycles. The maximum atomic E-state index is 11.6. The Labute approximate surface area is 98.5 Å². The molecule has 4 heteroatoms. The fourth-order valence-corrected chi connectivity index (χ4v) is 2.02. The molecule has 0 amide bonds. The van der Waals surface area contributed by atoms with Gasteiger partial charge < -0.3 is 9.64 Å². The standard InChI is InChI=1S/C12H24N2O2/c1-10(2)11(12(15)16-4)9-14-7-5-13(3)6-8-14/h10-11H,5-9H2,1-4H3. The second-order valence-corrected chi connectivity index (χ2v) is 4.98. The number of piperazine rings is 1. The van der Waals surface area contributed by atoms with Gasteiger partial charge in [-0.05, 0) is 13.0 Å². The van der Waals surface area contributed by atoms with Crippen molar-refractivity contribution in [2.75, 3.05) is 46.9 Å². The molecule has 1 fully saturated rings. The van der Waals surface area contributed by atoms with E-state index < -0.39 is 0 Å². The largest absolute Gasteiger partial charge is 0.469 e. The van der Waals surface area contributed by atoms with Gasteiger partial charge in [-0.2, -0.15) is 0 Å². The molecule has 0 radical (unpaired) electrons. The molecule has 4 nitrogen and oxygen atoms in total. The monoisotopic (exact) mass is 228 g/mol. The molecule has 1 rings (SSSR count). The fourth-order valence-electron chi connectivity index (χ4n) is 2.02. The maximum Gasteiger partial charge on any atom is 0.310 e. The molecule has 0 aliphatic carbocycles. The van der Waals surface area contributed by atoms with Crippen LogP contribution in [0.3, 0.4) is 0 Å². The van der Waals surface area contributed by atoms with Gasteiger partial charge in [-0.25, -0.2) is 0 Å². The highest BCUT2D eigenvalue weighted by Gasteiger charge is 2.26. The highest BCUT2D eigenvalue weighted by Crippen LogP contribution is 2.15. The summed E-state index contributed by atoms with van der Waals surface area (Å²) in [6.45, 7) is 9.28. The lowest BCUT2D eigenvalue weighted by Gasteiger charge is -2.34. The molecule has 0 N–H and O–H groups in total. The van der Waals surface area contributed by atoms with Gasteiger partial charge in [0.15, 0.2) is 0 Å². The van der Waals surface area contributed by atoms with Crippen molar-refractivity contribution in [3.8, 4) is 0 Å². The number of carbonyl (C=O) groups is 1. The zero-order valence-corrected chi connectivity index (χ0v) is 10.9. The van der Waals surface area contributed by atoms with Gasteiger partial charge in [0.2, 0.25) is 0 Å². The second kappa shape index (κ2) is 6.21. The number of hydrogen-bond acceptors (Lipinski definition) is 4. The molecular formula is C12H24N2O2. The van der Waals surface area contributed by atoms with Crippen molar-refractivity contribution in [2.24, 2.45) is 11.8 Å². The third kappa shape index (κ3) is 3.76. The van der Waals surface area contributed by atoms with Crippen LogP contribution in [0, 0.1) is 11.8 Å². The van der Waals surface area contributed by atoms with Crippen molar-refractivity contribution in [1.82, 2.24) is 9.80 Å². The Balaban J connectivity index is 2.45. The quantitative estimate of drug-likeness (QED) is 0.662. The molecule has 1 atom stereocenters. The average Bonchev–Trinajstić information content (AvgIpc) is 2.27. The first-order valence-electron chi connectivity index (χ1n) is 6.03. The fraction of sp³-hybridized carbons (Fsp3) is 0.917. The summed E-state index contributed by atoms with van der Waals surface area (Å²) >= 11 is 0. The van der Waals surface area contributed by atoms with Crippen LogP contribution in [0.15, 0.2) is 0 Å². The van der Waals surface area contributed by atoms with Crippen LogP contribution in [0.4, 0.5) is 0 Å². The normalized spacial score (nSPS) is 21.1. The highest BCUT2D eigenvalue weighted by molar-refractivity contribution is 5.72. The Morgan fingerprint density at radius 2 is 1.81 bits per heavy atom. The van der Waals surface area contributed by atoms with Gasteiger partial charge in [0.25, 0.3) is 0 Å². The average molecular weight is 228 g/mol. The summed E-state index contributed by atoms with van der Waals surface area (Å²) in [5.41, 5.74) is 0. The SMILES string of the molecule is COC(=O)C(CN1CCN(C)CC1)C(C)C. The molecule has 1 aliphatic rings. The van der Waals surface area contributed by atoms with E-state index >= 15 is 0 Å². The zero-order chi connectivity index (χ0) is 12.1. The van der Waals surface area contributed by atoms with Gasteiger partial charge in [-0.3, -0.25) is 9.69 Å². The molecule has 0 spiro atoms. The van der Waals surface area contributed by atoms with E-state index in [1.807, 2.05) is 0 Å². The van der Waals surface area contributed by atoms with Crippen LogP contribution in [-0.2, 0) is 9.53 Å². The van der Waals surface area contributed by atoms with Crippen molar-refractivity contribution < 1.29 is 9.53 Å². The van der Waals surface area contributed by atoms with E-state index in [1.54, 1.807) is 0 Å². The van der Waals surface area contributed by atoms with Crippen LogP contribution in [0.5, 0.6) is 0 Å². The van der Waals surface area contributed by atoms with Crippen LogP contribution in [0.2, 0.25) is 0 Å². The number of likely N-dealkylation sites (N-methyl/N-ethyl adjacent to an activating group) is 1. The molecule has 0 bridgehead atoms. The van der Waals surface area contributed by atoms with Crippen molar-refractivity contribution >= 4 is 5.97 Å². The third-order valence-electron chi connectivity index (χ3n) is 3.36. The number of carbonyl (C=O) groups excluding carboxylic acids is 1. The number of esters is 1. The molecule has 0 aromatic carbocycles. The summed E-state index contributed by atoms with van der Waals surface area (Å²) in [6.07, 6.45) is 0. The summed E-state index contributed by atoms with van der Waals surface area (Å²) in [4.78, 5) is 16.3. The summed E-state index contributed by atoms with van der Waals surface area (Å²) in [7, 11) is 3.61. The Morgan fingerprint density at radius 1 is 1.25 bits per heavy atom. The van der Waals surface area contributed by atoms with E-state index in [4.69, 9.17) is 4.74 Å². The van der Waals surface area contributed by atoms with Gasteiger partial charge in [0.1, 0.15) is 0 Å². The van der Waals surface area contributed by atoms with Crippen molar-refractivity contribution in [3.05, 3.63) is 0 Å². The lowest BCUT2D eigenvalue weighted by atomic mass is 9.95. The Kier molecular flexibility index (Phi) is 5.22. The molecule has 1 unspecified atom stereocenters. The van der Waals surface area contributed by atoms with Gasteiger partial charge in [-0.1, -0.05) is 13.8 Å². The van der Waals surface area contributed by atoms with E-state index in [9.17, 15) is 4.79 Å². The molecule has 0 saturated carbocycles. The summed E-state index contributed by atoms with van der Waals surface area (Å²) in [6, 6.07) is 0. The first kappa shape index (κ1) is 13.5. The summed E-state index contributed by atoms with van der Waals surface area (Å²) < 4.78 is 4.86. The Bertz CT molecular complexity index is 223. The minimum atomic E-state index is -0.0751. The van der Waals surface area contributed by atoms with Crippen molar-refractivity contribution in [1.29, 1.82) is 0 Å². The summed E-state index contributed by atoms with van der Waals surface area (Å²) in [5.74, 6) is 0.273. The molecule has 1 saturated heterocycles. The lowest BCUT2D eigenvalue weighted by molar-refractivity contribution is -0.148. The van der Waals surface area contributed by atoms with E-state index in [1.165, 1.54) is 7.11 Å². The number of rotatable bonds is 4. The lowest BCUT2D eigenvalue weighted by Crippen LogP contribution is -2.47. The zero-order valence-electron chi connectivity index (χ0n) is 10.9. The predicted octanol–water partition coefficient (Wildman–Crippen LogP) is 0.679. The topological polar surface area (TPSA) is 32.8 Å². The minimum Gasteiger partial charge on any atom is -0.469 e. The number of ether oxygens (including phenoxy) is 1. The van der Waals surface area contributed by atoms with Crippen LogP contribution in [-0.4, -0.2) is 62.7 Å². The smallest absolute Gasteiger partial charge is 0.310 e. The molecular weight excluding hydrogens is 204 g/mol. The van der Waals surface area contributed by atoms with E-state index in [0.717, 1.165) is 32.7 Å². The van der Waals surface area contributed by atoms with E-state index in [0.29, 0.717) is 5.92 Å². The number of nitrogens with zero attached hydrogens (tertiary/aromatic N) is 2. The molecule has 1 heterocycles. The third-order valence-corrected chi connectivity index (χ3v) is 3.36. The van der Waals surface area contributed by atoms with Gasteiger partial charge in [0, 0.05) is 32.7 Å². The first-order valence-corrected chi connectivity index (χ1v) is 6.03. The Morgan fingerprint density at radius 3 is 2.25 bits per heavy atom. The number of hydrogen-bond donors (Lipinski definition) is 0. The Hall–Kier alpha value is -0.610. The molecule has 94 valence electrons. The molecule has 1 aliphatic heterocycles. The summed E-state index contributed by atoms with van der Waals surface area (Å²) in [5, 5.41) is 0. The van der Waals surface area contributed by atoms with E-state index in [2.05, 4.69) is 30.7 Å². The first-order chi connectivity index (χ1) is 7.54. The van der Waals surface area contributed by atoms with Gasteiger partial charge in [-0.15, -0.1) is 0 Å². The van der Waals surface area contributed by atoms with Crippen molar-refractivity contribution in [3.63, 3.8) is 0 Å². The van der Waals surface area contributed by atoms with Crippen molar-refractivity contribution in [2.45, 2.75) is 13.8 Å². The predicted molar refractivity (Wildman–Crippen MR) is 64.3 cm³/mol. The van der Waals surface area contributed by atoms with Crippen LogP contribution in [0.25, 0.3) is 0 Å². The maximum absolute atomic E-state index is 11.6. The minimum absolute atomic E-state index is 0.00778. The van der Waals surface area contributed by atoms with E-state index in [-0.39, 0.29) is 11.9 Å². The second-order valence-electron chi connectivity index (χ2n) is 4.98. The number of methoxy groups -OCH3 is 1. The van der Waals surface area contributed by atoms with Gasteiger partial charge >= 0.3 is 5.97 Å².